The third-order valence-corrected chi connectivity index (χ3v) is 4.22. The fourth-order valence-electron chi connectivity index (χ4n) is 2.52. The number of hydrogen-bond donors (Lipinski definition) is 1. The van der Waals surface area contributed by atoms with Gasteiger partial charge in [0, 0.05) is 4.47 Å². The van der Waals surface area contributed by atoms with E-state index in [4.69, 9.17) is 9.47 Å². The van der Waals surface area contributed by atoms with Crippen LogP contribution in [0.3, 0.4) is 0 Å². The van der Waals surface area contributed by atoms with E-state index in [9.17, 15) is 9.90 Å². The van der Waals surface area contributed by atoms with Crippen molar-refractivity contribution in [3.63, 3.8) is 0 Å². The molecular weight excluding hydrogens is 326 g/mol. The van der Waals surface area contributed by atoms with Crippen molar-refractivity contribution >= 4 is 21.8 Å². The Morgan fingerprint density at radius 3 is 2.60 bits per heavy atom. The molecule has 2 aliphatic rings. The highest BCUT2D eigenvalue weighted by Gasteiger charge is 2.46. The van der Waals surface area contributed by atoms with Gasteiger partial charge >= 0.3 is 0 Å². The Morgan fingerprint density at radius 2 is 2.00 bits per heavy atom. The zero-order valence-electron chi connectivity index (χ0n) is 10.9. The number of β-amino-alcohol motifs (C(OH)–C–C–N with tert-alkyl or cyclic N) is 1. The maximum Gasteiger partial charge on any atom is 0.254 e. The average molecular weight is 342 g/mol. The third kappa shape index (κ3) is 2.61. The molecule has 0 radical (unpaired) electrons. The van der Waals surface area contributed by atoms with Crippen LogP contribution in [0.5, 0.6) is 0 Å². The van der Waals surface area contributed by atoms with E-state index < -0.39 is 11.7 Å². The van der Waals surface area contributed by atoms with Gasteiger partial charge in [0.1, 0.15) is 5.60 Å². The minimum atomic E-state index is -0.952. The molecule has 1 amide bonds. The lowest BCUT2D eigenvalue weighted by Gasteiger charge is -2.47. The van der Waals surface area contributed by atoms with Crippen molar-refractivity contribution in [2.75, 3.05) is 32.9 Å². The van der Waals surface area contributed by atoms with Crippen LogP contribution in [0.2, 0.25) is 0 Å². The van der Waals surface area contributed by atoms with Crippen molar-refractivity contribution in [3.8, 4) is 0 Å². The molecule has 0 saturated carbocycles. The number of hydrogen-bond acceptors (Lipinski definition) is 4. The van der Waals surface area contributed by atoms with Crippen LogP contribution in [0.15, 0.2) is 28.7 Å². The molecule has 1 unspecified atom stereocenters. The smallest absolute Gasteiger partial charge is 0.254 e. The zero-order valence-corrected chi connectivity index (χ0v) is 12.5. The highest BCUT2D eigenvalue weighted by molar-refractivity contribution is 9.10. The monoisotopic (exact) mass is 341 g/mol. The average Bonchev–Trinajstić information content (AvgIpc) is 2.45. The van der Waals surface area contributed by atoms with Gasteiger partial charge in [-0.2, -0.15) is 0 Å². The summed E-state index contributed by atoms with van der Waals surface area (Å²) in [7, 11) is 0. The van der Waals surface area contributed by atoms with Crippen molar-refractivity contribution in [1.29, 1.82) is 0 Å². The number of rotatable bonds is 2. The Hall–Kier alpha value is -0.950. The van der Waals surface area contributed by atoms with Crippen LogP contribution in [0.4, 0.5) is 0 Å². The molecule has 0 aliphatic carbocycles. The van der Waals surface area contributed by atoms with Gasteiger partial charge in [0.25, 0.3) is 5.91 Å². The lowest BCUT2D eigenvalue weighted by molar-refractivity contribution is -0.179. The predicted molar refractivity (Wildman–Crippen MR) is 75.2 cm³/mol. The molecule has 2 fully saturated rings. The summed E-state index contributed by atoms with van der Waals surface area (Å²) in [5, 5.41) is 10.5. The molecule has 0 spiro atoms. The highest BCUT2D eigenvalue weighted by Crippen LogP contribution is 2.33. The molecule has 0 bridgehead atoms. The van der Waals surface area contributed by atoms with E-state index in [1.807, 2.05) is 24.3 Å². The largest absolute Gasteiger partial charge is 0.381 e. The summed E-state index contributed by atoms with van der Waals surface area (Å²) >= 11 is 3.36. The van der Waals surface area contributed by atoms with Gasteiger partial charge in [-0.25, -0.2) is 0 Å². The van der Waals surface area contributed by atoms with E-state index in [0.717, 1.165) is 10.0 Å². The highest BCUT2D eigenvalue weighted by atomic mass is 79.9. The van der Waals surface area contributed by atoms with Gasteiger partial charge in [-0.1, -0.05) is 28.1 Å². The number of benzene rings is 1. The van der Waals surface area contributed by atoms with E-state index >= 15 is 0 Å². The maximum absolute atomic E-state index is 12.2. The van der Waals surface area contributed by atoms with Crippen molar-refractivity contribution < 1.29 is 19.4 Å². The summed E-state index contributed by atoms with van der Waals surface area (Å²) in [6.07, 6.45) is -0.529. The molecule has 0 aromatic heterocycles. The molecule has 108 valence electrons. The van der Waals surface area contributed by atoms with Gasteiger partial charge in [-0.3, -0.25) is 4.79 Å². The summed E-state index contributed by atoms with van der Waals surface area (Å²) in [5.41, 5.74) is -0.128. The van der Waals surface area contributed by atoms with Crippen LogP contribution in [0.25, 0.3) is 0 Å². The van der Waals surface area contributed by atoms with E-state index in [2.05, 4.69) is 15.9 Å². The van der Waals surface area contributed by atoms with E-state index in [-0.39, 0.29) is 5.91 Å². The number of nitrogens with zero attached hydrogens (tertiary/aromatic N) is 1. The predicted octanol–water partition coefficient (Wildman–Crippen LogP) is 0.894. The lowest BCUT2D eigenvalue weighted by Crippen LogP contribution is -2.64. The SMILES string of the molecule is O=C(C1COCCO1)N1CC(O)(c2ccc(Br)cc2)C1. The van der Waals surface area contributed by atoms with Crippen LogP contribution in [-0.4, -0.2) is 54.9 Å². The van der Waals surface area contributed by atoms with Crippen molar-refractivity contribution in [1.82, 2.24) is 4.90 Å². The number of ether oxygens (including phenoxy) is 2. The Kier molecular flexibility index (Phi) is 3.81. The normalized spacial score (nSPS) is 25.1. The molecule has 1 atom stereocenters. The zero-order chi connectivity index (χ0) is 14.2. The van der Waals surface area contributed by atoms with E-state index in [1.54, 1.807) is 4.90 Å². The Balaban J connectivity index is 1.62. The molecule has 20 heavy (non-hydrogen) atoms. The second kappa shape index (κ2) is 5.44. The first-order chi connectivity index (χ1) is 9.58. The summed E-state index contributed by atoms with van der Waals surface area (Å²) in [5.74, 6) is -0.105. The second-order valence-electron chi connectivity index (χ2n) is 5.17. The molecule has 6 heteroatoms. The molecule has 2 saturated heterocycles. The summed E-state index contributed by atoms with van der Waals surface area (Å²) in [6.45, 7) is 1.88. The second-order valence-corrected chi connectivity index (χ2v) is 6.08. The number of amides is 1. The first-order valence-electron chi connectivity index (χ1n) is 6.55. The fraction of sp³-hybridized carbons (Fsp3) is 0.500. The van der Waals surface area contributed by atoms with E-state index in [0.29, 0.717) is 32.9 Å². The molecular formula is C14H16BrNO4. The van der Waals surface area contributed by atoms with Crippen molar-refractivity contribution in [2.24, 2.45) is 0 Å². The topological polar surface area (TPSA) is 59.0 Å². The molecule has 2 aliphatic heterocycles. The van der Waals surface area contributed by atoms with Gasteiger partial charge < -0.3 is 19.5 Å². The van der Waals surface area contributed by atoms with Crippen LogP contribution in [0, 0.1) is 0 Å². The number of likely N-dealkylation sites (tertiary alicyclic amines) is 1. The van der Waals surface area contributed by atoms with Gasteiger partial charge in [0.05, 0.1) is 32.9 Å². The van der Waals surface area contributed by atoms with Crippen molar-refractivity contribution in [2.45, 2.75) is 11.7 Å². The minimum absolute atomic E-state index is 0.105. The van der Waals surface area contributed by atoms with Gasteiger partial charge in [-0.05, 0) is 17.7 Å². The standard InChI is InChI=1S/C14H16BrNO4/c15-11-3-1-10(2-4-11)14(18)8-16(9-14)13(17)12-7-19-5-6-20-12/h1-4,12,18H,5-9H2. The van der Waals surface area contributed by atoms with Crippen LogP contribution in [-0.2, 0) is 19.9 Å². The number of carbonyl (C=O) groups is 1. The molecule has 1 N–H and O–H groups in total. The van der Waals surface area contributed by atoms with Gasteiger partial charge in [-0.15, -0.1) is 0 Å². The fourth-order valence-corrected chi connectivity index (χ4v) is 2.78. The molecule has 1 aromatic rings. The number of halogens is 1. The molecule has 1 aromatic carbocycles. The molecule has 2 heterocycles. The van der Waals surface area contributed by atoms with Crippen molar-refractivity contribution in [3.05, 3.63) is 34.3 Å². The first kappa shape index (κ1) is 14.0. The Labute approximate surface area is 125 Å². The summed E-state index contributed by atoms with van der Waals surface area (Å²) in [6, 6.07) is 7.50. The minimum Gasteiger partial charge on any atom is -0.381 e. The van der Waals surface area contributed by atoms with Crippen LogP contribution in [0.1, 0.15) is 5.56 Å². The van der Waals surface area contributed by atoms with Crippen LogP contribution < -0.4 is 0 Å². The number of carbonyl (C=O) groups excluding carboxylic acids is 1. The molecule has 5 nitrogen and oxygen atoms in total. The van der Waals surface area contributed by atoms with Gasteiger partial charge in [0.2, 0.25) is 0 Å². The van der Waals surface area contributed by atoms with E-state index in [1.165, 1.54) is 0 Å². The Bertz CT molecular complexity index is 492. The van der Waals surface area contributed by atoms with Gasteiger partial charge in [0.15, 0.2) is 6.10 Å². The lowest BCUT2D eigenvalue weighted by atomic mass is 9.86. The maximum atomic E-state index is 12.2. The Morgan fingerprint density at radius 1 is 1.30 bits per heavy atom. The third-order valence-electron chi connectivity index (χ3n) is 3.69. The summed E-state index contributed by atoms with van der Waals surface area (Å²) < 4.78 is 11.6. The first-order valence-corrected chi connectivity index (χ1v) is 7.34. The molecule has 3 rings (SSSR count). The summed E-state index contributed by atoms with van der Waals surface area (Å²) in [4.78, 5) is 13.8. The van der Waals surface area contributed by atoms with Crippen LogP contribution >= 0.6 is 15.9 Å². The quantitative estimate of drug-likeness (QED) is 0.868. The number of aliphatic hydroxyl groups is 1.